The van der Waals surface area contributed by atoms with Gasteiger partial charge in [0.1, 0.15) is 0 Å². The Bertz CT molecular complexity index is 1200. The number of aromatic nitrogens is 1. The number of rotatable bonds is 8. The summed E-state index contributed by atoms with van der Waals surface area (Å²) in [6, 6.07) is 10.2. The number of carbonyl (C=O) groups excluding carboxylic acids is 1. The molecule has 1 unspecified atom stereocenters. The number of nitrogens with one attached hydrogen (secondary N) is 1. The number of nitrogens with zero attached hydrogens (tertiary/aromatic N) is 1. The number of sulfone groups is 1. The summed E-state index contributed by atoms with van der Waals surface area (Å²) >= 11 is 1.32. The van der Waals surface area contributed by atoms with Crippen LogP contribution in [0.2, 0.25) is 0 Å². The molecule has 0 saturated heterocycles. The first-order chi connectivity index (χ1) is 15.9. The molecule has 1 aromatic heterocycles. The van der Waals surface area contributed by atoms with Crippen LogP contribution in [0, 0.1) is 5.92 Å². The maximum atomic E-state index is 13.4. The predicted molar refractivity (Wildman–Crippen MR) is 129 cm³/mol. The lowest BCUT2D eigenvalue weighted by Gasteiger charge is -2.23. The van der Waals surface area contributed by atoms with Crippen LogP contribution in [0.4, 0.5) is 5.13 Å². The molecule has 3 aromatic rings. The van der Waals surface area contributed by atoms with E-state index in [-0.39, 0.29) is 41.6 Å². The van der Waals surface area contributed by atoms with Gasteiger partial charge in [-0.3, -0.25) is 4.79 Å². The van der Waals surface area contributed by atoms with Crippen molar-refractivity contribution in [1.29, 1.82) is 0 Å². The standard InChI is InChI=1S/C24H28N2O5S2/c1-2-33(30,31)19-9-7-16(8-10-19)22(15-5-3-4-6-15)23(29)26-24-25-20-11-17(13-27)18(14-28)12-21(20)32-24/h7-12,15,22,27-28H,2-6,13-14H2,1H3,(H,25,26,29). The zero-order valence-corrected chi connectivity index (χ0v) is 20.1. The van der Waals surface area contributed by atoms with Gasteiger partial charge in [0, 0.05) is 0 Å². The van der Waals surface area contributed by atoms with E-state index in [1.807, 2.05) is 0 Å². The molecule has 176 valence electrons. The number of carbonyl (C=O) groups is 1. The number of aliphatic hydroxyl groups excluding tert-OH is 2. The Morgan fingerprint density at radius 2 is 1.76 bits per heavy atom. The fraction of sp³-hybridized carbons (Fsp3) is 0.417. The van der Waals surface area contributed by atoms with E-state index in [0.29, 0.717) is 21.8 Å². The third-order valence-electron chi connectivity index (χ3n) is 6.41. The summed E-state index contributed by atoms with van der Waals surface area (Å²) in [7, 11) is -3.30. The molecule has 1 aliphatic carbocycles. The Morgan fingerprint density at radius 3 is 2.36 bits per heavy atom. The largest absolute Gasteiger partial charge is 0.392 e. The van der Waals surface area contributed by atoms with E-state index in [0.717, 1.165) is 35.9 Å². The minimum atomic E-state index is -3.30. The Labute approximate surface area is 197 Å². The molecular weight excluding hydrogens is 460 g/mol. The van der Waals surface area contributed by atoms with Crippen molar-refractivity contribution in [3.05, 3.63) is 53.1 Å². The normalized spacial score (nSPS) is 15.7. The lowest BCUT2D eigenvalue weighted by atomic mass is 9.84. The minimum absolute atomic E-state index is 0.0342. The molecule has 9 heteroatoms. The van der Waals surface area contributed by atoms with Crippen LogP contribution in [0.5, 0.6) is 0 Å². The number of hydrogen-bond donors (Lipinski definition) is 3. The molecule has 33 heavy (non-hydrogen) atoms. The molecule has 3 N–H and O–H groups in total. The minimum Gasteiger partial charge on any atom is -0.392 e. The van der Waals surface area contributed by atoms with Crippen LogP contribution in [0.1, 0.15) is 55.2 Å². The van der Waals surface area contributed by atoms with Gasteiger partial charge >= 0.3 is 0 Å². The maximum absolute atomic E-state index is 13.4. The zero-order chi connectivity index (χ0) is 23.6. The van der Waals surface area contributed by atoms with E-state index in [1.165, 1.54) is 11.3 Å². The monoisotopic (exact) mass is 488 g/mol. The average molecular weight is 489 g/mol. The van der Waals surface area contributed by atoms with E-state index in [1.54, 1.807) is 43.3 Å². The first kappa shape index (κ1) is 23.8. The smallest absolute Gasteiger partial charge is 0.233 e. The fourth-order valence-corrected chi connectivity index (χ4v) is 6.37. The number of hydrogen-bond acceptors (Lipinski definition) is 7. The van der Waals surface area contributed by atoms with Crippen LogP contribution in [0.15, 0.2) is 41.3 Å². The van der Waals surface area contributed by atoms with Crippen molar-refractivity contribution < 1.29 is 23.4 Å². The SMILES string of the molecule is CCS(=O)(=O)c1ccc(C(C(=O)Nc2nc3cc(CO)c(CO)cc3s2)C2CCCC2)cc1. The van der Waals surface area contributed by atoms with E-state index >= 15 is 0 Å². The van der Waals surface area contributed by atoms with Gasteiger partial charge in [0.25, 0.3) is 0 Å². The van der Waals surface area contributed by atoms with Crippen LogP contribution < -0.4 is 5.32 Å². The molecule has 0 aliphatic heterocycles. The van der Waals surface area contributed by atoms with Gasteiger partial charge < -0.3 is 15.5 Å². The number of amides is 1. The average Bonchev–Trinajstić information content (AvgIpc) is 3.48. The van der Waals surface area contributed by atoms with Gasteiger partial charge in [0.2, 0.25) is 5.91 Å². The van der Waals surface area contributed by atoms with Crippen molar-refractivity contribution in [3.63, 3.8) is 0 Å². The third-order valence-corrected chi connectivity index (χ3v) is 9.10. The molecule has 0 bridgehead atoms. The van der Waals surface area contributed by atoms with Gasteiger partial charge in [-0.1, -0.05) is 43.2 Å². The molecule has 0 radical (unpaired) electrons. The predicted octanol–water partition coefficient (Wildman–Crippen LogP) is 3.99. The van der Waals surface area contributed by atoms with Gasteiger partial charge in [0.15, 0.2) is 15.0 Å². The highest BCUT2D eigenvalue weighted by Gasteiger charge is 2.32. The van der Waals surface area contributed by atoms with Crippen molar-refractivity contribution in [2.24, 2.45) is 5.92 Å². The van der Waals surface area contributed by atoms with Crippen molar-refractivity contribution in [2.75, 3.05) is 11.1 Å². The summed E-state index contributed by atoms with van der Waals surface area (Å²) in [5.74, 6) is -0.322. The molecule has 1 heterocycles. The lowest BCUT2D eigenvalue weighted by molar-refractivity contribution is -0.118. The molecule has 1 aliphatic rings. The number of thiazole rings is 1. The van der Waals surface area contributed by atoms with E-state index < -0.39 is 9.84 Å². The number of benzene rings is 2. The second-order valence-electron chi connectivity index (χ2n) is 8.41. The molecule has 1 amide bonds. The van der Waals surface area contributed by atoms with Crippen molar-refractivity contribution >= 4 is 42.4 Å². The maximum Gasteiger partial charge on any atom is 0.233 e. The van der Waals surface area contributed by atoms with E-state index in [4.69, 9.17) is 0 Å². The van der Waals surface area contributed by atoms with Crippen LogP contribution >= 0.6 is 11.3 Å². The van der Waals surface area contributed by atoms with Crippen molar-refractivity contribution in [1.82, 2.24) is 4.98 Å². The summed E-state index contributed by atoms with van der Waals surface area (Å²) in [6.07, 6.45) is 4.05. The molecule has 2 aromatic carbocycles. The van der Waals surface area contributed by atoms with Gasteiger partial charge in [0.05, 0.1) is 40.0 Å². The van der Waals surface area contributed by atoms with Crippen molar-refractivity contribution in [2.45, 2.75) is 56.6 Å². The number of anilines is 1. The Hall–Kier alpha value is -2.33. The lowest BCUT2D eigenvalue weighted by Crippen LogP contribution is -2.26. The molecule has 4 rings (SSSR count). The summed E-state index contributed by atoms with van der Waals surface area (Å²) in [6.45, 7) is 1.24. The first-order valence-electron chi connectivity index (χ1n) is 11.1. The van der Waals surface area contributed by atoms with Crippen molar-refractivity contribution in [3.8, 4) is 0 Å². The van der Waals surface area contributed by atoms with Crippen LogP contribution in [-0.2, 0) is 27.8 Å². The quantitative estimate of drug-likeness (QED) is 0.441. The second kappa shape index (κ2) is 9.89. The van der Waals surface area contributed by atoms with Crippen LogP contribution in [-0.4, -0.2) is 35.3 Å². The van der Waals surface area contributed by atoms with Gasteiger partial charge in [-0.15, -0.1) is 0 Å². The summed E-state index contributed by atoms with van der Waals surface area (Å²) in [4.78, 5) is 18.2. The summed E-state index contributed by atoms with van der Waals surface area (Å²) < 4.78 is 25.2. The van der Waals surface area contributed by atoms with Crippen LogP contribution in [0.25, 0.3) is 10.2 Å². The molecule has 1 fully saturated rings. The molecule has 1 saturated carbocycles. The molecule has 7 nitrogen and oxygen atoms in total. The molecule has 0 spiro atoms. The van der Waals surface area contributed by atoms with E-state index in [9.17, 15) is 23.4 Å². The summed E-state index contributed by atoms with van der Waals surface area (Å²) in [5, 5.41) is 22.5. The summed E-state index contributed by atoms with van der Waals surface area (Å²) in [5.41, 5.74) is 2.71. The molecular formula is C24H28N2O5S2. The highest BCUT2D eigenvalue weighted by Crippen LogP contribution is 2.39. The second-order valence-corrected chi connectivity index (χ2v) is 11.7. The molecule has 1 atom stereocenters. The number of aliphatic hydroxyl groups is 2. The Morgan fingerprint density at radius 1 is 1.12 bits per heavy atom. The fourth-order valence-electron chi connectivity index (χ4n) is 4.57. The third kappa shape index (κ3) is 4.96. The topological polar surface area (TPSA) is 117 Å². The first-order valence-corrected chi connectivity index (χ1v) is 13.6. The van der Waals surface area contributed by atoms with Gasteiger partial charge in [-0.2, -0.15) is 0 Å². The van der Waals surface area contributed by atoms with Crippen LogP contribution in [0.3, 0.4) is 0 Å². The Balaban J connectivity index is 1.62. The van der Waals surface area contributed by atoms with E-state index in [2.05, 4.69) is 10.3 Å². The Kier molecular flexibility index (Phi) is 7.13. The highest BCUT2D eigenvalue weighted by molar-refractivity contribution is 7.91. The zero-order valence-electron chi connectivity index (χ0n) is 18.5. The van der Waals surface area contributed by atoms with Gasteiger partial charge in [-0.05, 0) is 59.7 Å². The van der Waals surface area contributed by atoms with Gasteiger partial charge in [-0.25, -0.2) is 13.4 Å². The number of fused-ring (bicyclic) bond motifs is 1. The highest BCUT2D eigenvalue weighted by atomic mass is 32.2.